The molecule has 8 heteroatoms. The molecular weight excluding hydrogens is 392 g/mol. The second-order valence-corrected chi connectivity index (χ2v) is 9.94. The van der Waals surface area contributed by atoms with Gasteiger partial charge in [0.15, 0.2) is 0 Å². The van der Waals surface area contributed by atoms with Crippen LogP contribution in [-0.2, 0) is 14.0 Å². The number of hydrogen-bond acceptors (Lipinski definition) is 5. The molecule has 162 valence electrons. The fourth-order valence-corrected chi connectivity index (χ4v) is 3.32. The summed E-state index contributed by atoms with van der Waals surface area (Å²) in [4.78, 5) is 12.2. The van der Waals surface area contributed by atoms with Crippen LogP contribution in [0.25, 0.3) is 0 Å². The van der Waals surface area contributed by atoms with Gasteiger partial charge in [-0.2, -0.15) is 0 Å². The van der Waals surface area contributed by atoms with Crippen molar-refractivity contribution < 1.29 is 23.6 Å². The van der Waals surface area contributed by atoms with Gasteiger partial charge in [-0.15, -0.1) is 0 Å². The number of ether oxygens (including phenoxy) is 2. The lowest BCUT2D eigenvalue weighted by Crippen LogP contribution is -2.41. The predicted octanol–water partition coefficient (Wildman–Crippen LogP) is 4.54. The minimum atomic E-state index is -0.650. The Morgan fingerprint density at radius 1 is 1.21 bits per heavy atom. The van der Waals surface area contributed by atoms with E-state index in [2.05, 4.69) is 5.32 Å². The van der Waals surface area contributed by atoms with Gasteiger partial charge in [0.2, 0.25) is 0 Å². The summed E-state index contributed by atoms with van der Waals surface area (Å²) in [7, 11) is 0.922. The highest BCUT2D eigenvalue weighted by atomic mass is 35.5. The van der Waals surface area contributed by atoms with Crippen LogP contribution < -0.4 is 15.5 Å². The molecule has 1 aromatic carbocycles. The Labute approximate surface area is 179 Å². The number of carbonyl (C=O) groups excluding carboxylic acids is 1. The molecule has 1 aliphatic heterocycles. The summed E-state index contributed by atoms with van der Waals surface area (Å²) in [6, 6.07) is 1.76. The molecule has 0 aliphatic carbocycles. The Morgan fingerprint density at radius 2 is 1.72 bits per heavy atom. The first-order chi connectivity index (χ1) is 13.1. The molecule has 2 rings (SSSR count). The van der Waals surface area contributed by atoms with Crippen LogP contribution in [0.4, 0.5) is 4.79 Å². The third-order valence-electron chi connectivity index (χ3n) is 5.44. The fourth-order valence-electron chi connectivity index (χ4n) is 3.10. The van der Waals surface area contributed by atoms with Crippen LogP contribution in [0.2, 0.25) is 5.02 Å². The van der Waals surface area contributed by atoms with Crippen molar-refractivity contribution in [3.8, 4) is 5.75 Å². The Kier molecular flexibility index (Phi) is 6.58. The average molecular weight is 426 g/mol. The average Bonchev–Trinajstić information content (AvgIpc) is 2.74. The van der Waals surface area contributed by atoms with E-state index in [9.17, 15) is 4.79 Å². The number of alkyl carbamates (subject to hydrolysis) is 1. The Bertz CT molecular complexity index is 772. The SMILES string of the molecule is COc1c(C(C)OC(=O)NC(C)(C)C)cc(Cl)c(C)c1B1OC(C)(C)C(C)(C)O1. The van der Waals surface area contributed by atoms with Gasteiger partial charge in [-0.1, -0.05) is 11.6 Å². The van der Waals surface area contributed by atoms with E-state index in [4.69, 9.17) is 30.4 Å². The zero-order valence-corrected chi connectivity index (χ0v) is 19.9. The monoisotopic (exact) mass is 425 g/mol. The number of methoxy groups -OCH3 is 1. The molecule has 1 aliphatic rings. The summed E-state index contributed by atoms with van der Waals surface area (Å²) in [5.74, 6) is 0.543. The van der Waals surface area contributed by atoms with Crippen molar-refractivity contribution in [2.45, 2.75) is 85.2 Å². The van der Waals surface area contributed by atoms with E-state index >= 15 is 0 Å². The molecule has 0 saturated carbocycles. The first-order valence-electron chi connectivity index (χ1n) is 9.81. The standard InChI is InChI=1S/C21H33BClNO5/c1-12-15(23)11-14(13(2)27-18(25)24-19(3,4)5)17(26-10)16(12)22-28-20(6,7)21(8,9)29-22/h11,13H,1-10H3,(H,24,25). The summed E-state index contributed by atoms with van der Waals surface area (Å²) < 4.78 is 23.8. The van der Waals surface area contributed by atoms with Gasteiger partial charge in [0.1, 0.15) is 11.9 Å². The topological polar surface area (TPSA) is 66.0 Å². The number of hydrogen-bond donors (Lipinski definition) is 1. The maximum atomic E-state index is 12.2. The molecule has 1 saturated heterocycles. The van der Waals surface area contributed by atoms with E-state index in [0.29, 0.717) is 21.8 Å². The molecule has 0 radical (unpaired) electrons. The number of halogens is 1. The summed E-state index contributed by atoms with van der Waals surface area (Å²) in [5.41, 5.74) is 0.743. The summed E-state index contributed by atoms with van der Waals surface area (Å²) in [6.45, 7) is 17.3. The fraction of sp³-hybridized carbons (Fsp3) is 0.667. The third-order valence-corrected chi connectivity index (χ3v) is 5.84. The zero-order chi connectivity index (χ0) is 22.4. The van der Waals surface area contributed by atoms with Gasteiger partial charge in [0, 0.05) is 21.6 Å². The summed E-state index contributed by atoms with van der Waals surface area (Å²) >= 11 is 6.53. The molecule has 1 aromatic rings. The Balaban J connectivity index is 2.45. The van der Waals surface area contributed by atoms with Gasteiger partial charge in [0.05, 0.1) is 18.3 Å². The molecule has 1 heterocycles. The third kappa shape index (κ3) is 5.01. The normalized spacial score (nSPS) is 19.1. The van der Waals surface area contributed by atoms with Crippen molar-refractivity contribution in [1.82, 2.24) is 5.32 Å². The number of benzene rings is 1. The minimum absolute atomic E-state index is 0.403. The van der Waals surface area contributed by atoms with E-state index in [1.54, 1.807) is 20.1 Å². The van der Waals surface area contributed by atoms with Crippen molar-refractivity contribution in [2.24, 2.45) is 0 Å². The van der Waals surface area contributed by atoms with Crippen LogP contribution in [0.1, 0.15) is 72.6 Å². The second-order valence-electron chi connectivity index (χ2n) is 9.53. The Morgan fingerprint density at radius 3 is 2.17 bits per heavy atom. The highest BCUT2D eigenvalue weighted by Gasteiger charge is 2.53. The van der Waals surface area contributed by atoms with Gasteiger partial charge < -0.3 is 24.1 Å². The molecule has 1 amide bonds. The van der Waals surface area contributed by atoms with E-state index in [1.165, 1.54) is 0 Å². The van der Waals surface area contributed by atoms with Crippen molar-refractivity contribution in [2.75, 3.05) is 7.11 Å². The lowest BCUT2D eigenvalue weighted by atomic mass is 9.74. The molecule has 1 atom stereocenters. The number of nitrogens with one attached hydrogen (secondary N) is 1. The van der Waals surface area contributed by atoms with Gasteiger partial charge in [0.25, 0.3) is 0 Å². The van der Waals surface area contributed by atoms with Crippen LogP contribution in [0, 0.1) is 6.92 Å². The first-order valence-corrected chi connectivity index (χ1v) is 10.2. The molecule has 1 fully saturated rings. The van der Waals surface area contributed by atoms with Gasteiger partial charge in [-0.25, -0.2) is 4.79 Å². The van der Waals surface area contributed by atoms with Crippen LogP contribution >= 0.6 is 11.6 Å². The number of carbonyl (C=O) groups is 1. The van der Waals surface area contributed by atoms with E-state index in [1.807, 2.05) is 55.4 Å². The smallest absolute Gasteiger partial charge is 0.497 e. The van der Waals surface area contributed by atoms with Crippen molar-refractivity contribution in [3.05, 3.63) is 22.2 Å². The molecule has 0 spiro atoms. The van der Waals surface area contributed by atoms with Crippen molar-refractivity contribution in [3.63, 3.8) is 0 Å². The Hall–Kier alpha value is -1.44. The highest BCUT2D eigenvalue weighted by molar-refractivity contribution is 6.64. The highest BCUT2D eigenvalue weighted by Crippen LogP contribution is 2.39. The lowest BCUT2D eigenvalue weighted by Gasteiger charge is -2.32. The van der Waals surface area contributed by atoms with E-state index in [0.717, 1.165) is 5.56 Å². The van der Waals surface area contributed by atoms with Crippen LogP contribution in [0.5, 0.6) is 5.75 Å². The van der Waals surface area contributed by atoms with Crippen LogP contribution in [-0.4, -0.2) is 37.1 Å². The van der Waals surface area contributed by atoms with Crippen molar-refractivity contribution >= 4 is 30.3 Å². The van der Waals surface area contributed by atoms with E-state index < -0.39 is 36.1 Å². The maximum absolute atomic E-state index is 12.2. The summed E-state index contributed by atoms with van der Waals surface area (Å²) in [6.07, 6.45) is -1.10. The molecular formula is C21H33BClNO5. The largest absolute Gasteiger partial charge is 0.499 e. The molecule has 0 bridgehead atoms. The van der Waals surface area contributed by atoms with Crippen LogP contribution in [0.3, 0.4) is 0 Å². The molecule has 0 aromatic heterocycles. The predicted molar refractivity (Wildman–Crippen MR) is 116 cm³/mol. The van der Waals surface area contributed by atoms with Crippen LogP contribution in [0.15, 0.2) is 6.07 Å². The van der Waals surface area contributed by atoms with Gasteiger partial charge in [-0.3, -0.25) is 0 Å². The molecule has 6 nitrogen and oxygen atoms in total. The summed E-state index contributed by atoms with van der Waals surface area (Å²) in [5, 5.41) is 3.32. The lowest BCUT2D eigenvalue weighted by molar-refractivity contribution is 0.00578. The van der Waals surface area contributed by atoms with Gasteiger partial charge in [-0.05, 0) is 73.9 Å². The second kappa shape index (κ2) is 8.01. The minimum Gasteiger partial charge on any atom is -0.497 e. The molecule has 1 unspecified atom stereocenters. The molecule has 1 N–H and O–H groups in total. The number of rotatable bonds is 4. The zero-order valence-electron chi connectivity index (χ0n) is 19.2. The quantitative estimate of drug-likeness (QED) is 0.717. The first kappa shape index (κ1) is 23.8. The van der Waals surface area contributed by atoms with Crippen molar-refractivity contribution in [1.29, 1.82) is 0 Å². The maximum Gasteiger partial charge on any atom is 0.499 e. The number of amides is 1. The van der Waals surface area contributed by atoms with E-state index in [-0.39, 0.29) is 0 Å². The molecule has 29 heavy (non-hydrogen) atoms. The van der Waals surface area contributed by atoms with Gasteiger partial charge >= 0.3 is 13.2 Å².